The Balaban J connectivity index is 3.47. The highest BCUT2D eigenvalue weighted by Gasteiger charge is 2.26. The Morgan fingerprint density at radius 1 is 1.61 bits per heavy atom. The predicted molar refractivity (Wildman–Crippen MR) is 56.4 cm³/mol. The summed E-state index contributed by atoms with van der Waals surface area (Å²) in [6.45, 7) is 1.62. The molecule has 0 aliphatic carbocycles. The lowest BCUT2D eigenvalue weighted by atomic mass is 10.1. The normalized spacial score (nSPS) is 10.0. The number of hydrogen-bond donors (Lipinski definition) is 0. The van der Waals surface area contributed by atoms with Crippen LogP contribution in [-0.4, -0.2) is 24.7 Å². The maximum absolute atomic E-state index is 12.7. The van der Waals surface area contributed by atoms with Crippen molar-refractivity contribution in [3.8, 4) is 11.8 Å². The molecule has 0 spiro atoms. The van der Waals surface area contributed by atoms with Gasteiger partial charge in [-0.25, -0.2) is 18.6 Å². The zero-order chi connectivity index (χ0) is 13.7. The Labute approximate surface area is 102 Å². The molecule has 18 heavy (non-hydrogen) atoms. The number of carbonyl (C=O) groups excluding carboxylic acids is 1. The summed E-state index contributed by atoms with van der Waals surface area (Å²) in [5.41, 5.74) is -1.19. The van der Waals surface area contributed by atoms with E-state index < -0.39 is 23.8 Å². The van der Waals surface area contributed by atoms with Crippen molar-refractivity contribution in [2.75, 3.05) is 13.7 Å². The summed E-state index contributed by atoms with van der Waals surface area (Å²) in [5.74, 6) is -1.32. The quantitative estimate of drug-likeness (QED) is 0.771. The van der Waals surface area contributed by atoms with Gasteiger partial charge >= 0.3 is 5.97 Å². The summed E-state index contributed by atoms with van der Waals surface area (Å²) in [6, 6.07) is 1.69. The van der Waals surface area contributed by atoms with Gasteiger partial charge in [0.25, 0.3) is 6.43 Å². The standard InChI is InChI=1S/C11H10F2N2O3/c1-3-18-11(16)7-6(4-14)5-15-8(10(12)13)9(7)17-2/h5,10H,3H2,1-2H3. The fourth-order valence-electron chi connectivity index (χ4n) is 1.36. The van der Waals surface area contributed by atoms with Gasteiger partial charge in [0.1, 0.15) is 17.3 Å². The van der Waals surface area contributed by atoms with E-state index in [1.54, 1.807) is 13.0 Å². The molecule has 0 atom stereocenters. The van der Waals surface area contributed by atoms with Crippen LogP contribution in [0, 0.1) is 11.3 Å². The number of alkyl halides is 2. The van der Waals surface area contributed by atoms with Crippen LogP contribution in [-0.2, 0) is 4.74 Å². The highest BCUT2D eigenvalue weighted by atomic mass is 19.3. The van der Waals surface area contributed by atoms with Gasteiger partial charge in [-0.2, -0.15) is 5.26 Å². The second kappa shape index (κ2) is 5.91. The molecule has 0 saturated carbocycles. The fourth-order valence-corrected chi connectivity index (χ4v) is 1.36. The minimum Gasteiger partial charge on any atom is -0.494 e. The molecule has 0 aliphatic heterocycles. The summed E-state index contributed by atoms with van der Waals surface area (Å²) < 4.78 is 34.9. The molecule has 96 valence electrons. The van der Waals surface area contributed by atoms with Crippen LogP contribution in [0.1, 0.15) is 35.0 Å². The monoisotopic (exact) mass is 256 g/mol. The smallest absolute Gasteiger partial charge is 0.343 e. The topological polar surface area (TPSA) is 72.2 Å². The number of carbonyl (C=O) groups is 1. The molecule has 1 aromatic heterocycles. The van der Waals surface area contributed by atoms with Crippen LogP contribution >= 0.6 is 0 Å². The van der Waals surface area contributed by atoms with Crippen molar-refractivity contribution in [2.45, 2.75) is 13.3 Å². The summed E-state index contributed by atoms with van der Waals surface area (Å²) in [7, 11) is 1.12. The number of hydrogen-bond acceptors (Lipinski definition) is 5. The molecule has 0 saturated heterocycles. The Kier molecular flexibility index (Phi) is 4.54. The second-order valence-corrected chi connectivity index (χ2v) is 3.10. The molecular weight excluding hydrogens is 246 g/mol. The van der Waals surface area contributed by atoms with Gasteiger partial charge in [0.05, 0.1) is 19.3 Å². The number of esters is 1. The minimum atomic E-state index is -2.92. The van der Waals surface area contributed by atoms with Crippen LogP contribution in [0.3, 0.4) is 0 Å². The van der Waals surface area contributed by atoms with Crippen LogP contribution in [0.5, 0.6) is 5.75 Å². The summed E-state index contributed by atoms with van der Waals surface area (Å²) in [6.07, 6.45) is -2.02. The second-order valence-electron chi connectivity index (χ2n) is 3.10. The molecule has 1 rings (SSSR count). The number of methoxy groups -OCH3 is 1. The number of aromatic nitrogens is 1. The van der Waals surface area contributed by atoms with Crippen molar-refractivity contribution in [3.63, 3.8) is 0 Å². The van der Waals surface area contributed by atoms with E-state index in [1.165, 1.54) is 0 Å². The molecule has 1 aromatic rings. The van der Waals surface area contributed by atoms with Crippen molar-refractivity contribution in [1.29, 1.82) is 5.26 Å². The van der Waals surface area contributed by atoms with Gasteiger partial charge in [-0.1, -0.05) is 0 Å². The van der Waals surface area contributed by atoms with E-state index in [2.05, 4.69) is 4.98 Å². The minimum absolute atomic E-state index is 0.0548. The molecule has 0 fully saturated rings. The summed E-state index contributed by atoms with van der Waals surface area (Å²) in [4.78, 5) is 15.1. The first kappa shape index (κ1) is 13.8. The lowest BCUT2D eigenvalue weighted by Gasteiger charge is -2.12. The SMILES string of the molecule is CCOC(=O)c1c(C#N)cnc(C(F)F)c1OC. The maximum Gasteiger partial charge on any atom is 0.343 e. The molecular formula is C11H10F2N2O3. The number of halogens is 2. The Morgan fingerprint density at radius 3 is 2.72 bits per heavy atom. The highest BCUT2D eigenvalue weighted by Crippen LogP contribution is 2.32. The van der Waals surface area contributed by atoms with Gasteiger partial charge in [-0.15, -0.1) is 0 Å². The zero-order valence-electron chi connectivity index (χ0n) is 9.74. The number of ether oxygens (including phenoxy) is 2. The van der Waals surface area contributed by atoms with E-state index in [1.807, 2.05) is 0 Å². The molecule has 0 N–H and O–H groups in total. The van der Waals surface area contributed by atoms with Gasteiger partial charge in [0.2, 0.25) is 0 Å². The van der Waals surface area contributed by atoms with Crippen molar-refractivity contribution >= 4 is 5.97 Å². The fraction of sp³-hybridized carbons (Fsp3) is 0.364. The van der Waals surface area contributed by atoms with E-state index in [9.17, 15) is 13.6 Å². The van der Waals surface area contributed by atoms with Crippen molar-refractivity contribution < 1.29 is 23.0 Å². The van der Waals surface area contributed by atoms with Gasteiger partial charge in [0.15, 0.2) is 5.75 Å². The maximum atomic E-state index is 12.7. The van der Waals surface area contributed by atoms with Crippen LogP contribution in [0.2, 0.25) is 0 Å². The van der Waals surface area contributed by atoms with E-state index in [0.29, 0.717) is 0 Å². The first-order chi connectivity index (χ1) is 8.56. The third-order valence-corrected chi connectivity index (χ3v) is 2.07. The van der Waals surface area contributed by atoms with E-state index in [0.717, 1.165) is 13.3 Å². The Hall–Kier alpha value is -2.23. The van der Waals surface area contributed by atoms with Crippen LogP contribution < -0.4 is 4.74 Å². The van der Waals surface area contributed by atoms with E-state index in [4.69, 9.17) is 14.7 Å². The number of rotatable bonds is 4. The molecule has 7 heteroatoms. The highest BCUT2D eigenvalue weighted by molar-refractivity contribution is 5.95. The molecule has 0 bridgehead atoms. The number of nitrogens with zero attached hydrogens (tertiary/aromatic N) is 2. The number of nitriles is 1. The molecule has 0 amide bonds. The molecule has 0 aromatic carbocycles. The lowest BCUT2D eigenvalue weighted by molar-refractivity contribution is 0.0521. The third-order valence-electron chi connectivity index (χ3n) is 2.07. The average Bonchev–Trinajstić information content (AvgIpc) is 2.36. The van der Waals surface area contributed by atoms with Crippen LogP contribution in [0.4, 0.5) is 8.78 Å². The van der Waals surface area contributed by atoms with E-state index >= 15 is 0 Å². The van der Waals surface area contributed by atoms with Gasteiger partial charge in [-0.3, -0.25) is 0 Å². The van der Waals surface area contributed by atoms with Crippen molar-refractivity contribution in [3.05, 3.63) is 23.0 Å². The van der Waals surface area contributed by atoms with Crippen LogP contribution in [0.15, 0.2) is 6.20 Å². The van der Waals surface area contributed by atoms with Gasteiger partial charge < -0.3 is 9.47 Å². The first-order valence-electron chi connectivity index (χ1n) is 4.99. The third kappa shape index (κ3) is 2.53. The van der Waals surface area contributed by atoms with Gasteiger partial charge in [0, 0.05) is 6.20 Å². The summed E-state index contributed by atoms with van der Waals surface area (Å²) in [5, 5.41) is 8.84. The molecule has 1 heterocycles. The van der Waals surface area contributed by atoms with Crippen molar-refractivity contribution in [2.24, 2.45) is 0 Å². The Morgan fingerprint density at radius 2 is 2.28 bits per heavy atom. The molecule has 0 aliphatic rings. The van der Waals surface area contributed by atoms with Crippen LogP contribution in [0.25, 0.3) is 0 Å². The predicted octanol–water partition coefficient (Wildman–Crippen LogP) is 2.08. The zero-order valence-corrected chi connectivity index (χ0v) is 9.74. The first-order valence-corrected chi connectivity index (χ1v) is 4.99. The van der Waals surface area contributed by atoms with E-state index in [-0.39, 0.29) is 17.7 Å². The molecule has 5 nitrogen and oxygen atoms in total. The van der Waals surface area contributed by atoms with Crippen molar-refractivity contribution in [1.82, 2.24) is 4.98 Å². The largest absolute Gasteiger partial charge is 0.494 e. The lowest BCUT2D eigenvalue weighted by Crippen LogP contribution is -2.12. The van der Waals surface area contributed by atoms with Gasteiger partial charge in [-0.05, 0) is 6.92 Å². The number of pyridine rings is 1. The molecule has 0 unspecified atom stereocenters. The molecule has 0 radical (unpaired) electrons. The Bertz CT molecular complexity index is 498. The summed E-state index contributed by atoms with van der Waals surface area (Å²) >= 11 is 0. The average molecular weight is 256 g/mol.